The lowest BCUT2D eigenvalue weighted by Gasteiger charge is -2.06. The van der Waals surface area contributed by atoms with Gasteiger partial charge in [-0.3, -0.25) is 9.98 Å². The van der Waals surface area contributed by atoms with Crippen LogP contribution in [0, 0.1) is 0 Å². The maximum absolute atomic E-state index is 5.90. The smallest absolute Gasteiger partial charge is 0.119 e. The van der Waals surface area contributed by atoms with Gasteiger partial charge in [-0.15, -0.1) is 0 Å². The number of rotatable bonds is 18. The van der Waals surface area contributed by atoms with Crippen molar-refractivity contribution >= 4 is 23.8 Å². The van der Waals surface area contributed by atoms with E-state index in [9.17, 15) is 0 Å². The summed E-state index contributed by atoms with van der Waals surface area (Å²) in [5.74, 6) is 1.85. The summed E-state index contributed by atoms with van der Waals surface area (Å²) < 4.78 is 11.8. The highest BCUT2D eigenvalue weighted by molar-refractivity contribution is 5.85. The van der Waals surface area contributed by atoms with Crippen molar-refractivity contribution in [1.82, 2.24) is 0 Å². The van der Waals surface area contributed by atoms with Crippen LogP contribution in [0.5, 0.6) is 11.5 Å². The highest BCUT2D eigenvalue weighted by Gasteiger charge is 2.18. The van der Waals surface area contributed by atoms with Crippen LogP contribution in [0.4, 0.5) is 11.4 Å². The first-order valence-electron chi connectivity index (χ1n) is 17.0. The Hall–Kier alpha value is -4.18. The van der Waals surface area contributed by atoms with Crippen molar-refractivity contribution in [2.24, 2.45) is 9.98 Å². The molecule has 0 bridgehead atoms. The number of ether oxygens (including phenoxy) is 2. The van der Waals surface area contributed by atoms with E-state index in [0.717, 1.165) is 66.5 Å². The third-order valence-corrected chi connectivity index (χ3v) is 8.37. The Labute approximate surface area is 270 Å². The maximum Gasteiger partial charge on any atom is 0.119 e. The summed E-state index contributed by atoms with van der Waals surface area (Å²) >= 11 is 0. The first-order chi connectivity index (χ1) is 22.2. The monoisotopic (exact) mass is 600 g/mol. The molecule has 4 heteroatoms. The molecule has 0 spiro atoms. The van der Waals surface area contributed by atoms with Gasteiger partial charge in [0.25, 0.3) is 0 Å². The van der Waals surface area contributed by atoms with Gasteiger partial charge in [-0.2, -0.15) is 0 Å². The number of hydrogen-bond acceptors (Lipinski definition) is 4. The van der Waals surface area contributed by atoms with Gasteiger partial charge >= 0.3 is 0 Å². The van der Waals surface area contributed by atoms with Gasteiger partial charge in [0, 0.05) is 12.4 Å². The standard InChI is InChI=1S/C41H48N2O2/c1-3-5-7-9-11-25-44-38-19-13-32(14-20-38)30-42-36-17-23-40-34(28-36)27-35-29-37(18-24-41(35)40)43-31-33-15-21-39(22-16-33)45-26-12-10-8-6-4-2/h13-24,28-31H,3-12,25-27H2,1-2H3. The Morgan fingerprint density at radius 2 is 0.933 bits per heavy atom. The molecule has 0 amide bonds. The molecule has 0 aliphatic heterocycles. The average Bonchev–Trinajstić information content (AvgIpc) is 3.44. The largest absolute Gasteiger partial charge is 0.494 e. The van der Waals surface area contributed by atoms with Gasteiger partial charge in [-0.1, -0.05) is 77.3 Å². The molecule has 0 saturated heterocycles. The predicted molar refractivity (Wildman–Crippen MR) is 191 cm³/mol. The molecule has 0 radical (unpaired) electrons. The molecule has 0 unspecified atom stereocenters. The summed E-state index contributed by atoms with van der Waals surface area (Å²) in [5.41, 5.74) is 9.27. The van der Waals surface area contributed by atoms with Gasteiger partial charge in [0.15, 0.2) is 0 Å². The minimum atomic E-state index is 0.783. The number of fused-ring (bicyclic) bond motifs is 3. The minimum absolute atomic E-state index is 0.783. The highest BCUT2D eigenvalue weighted by atomic mass is 16.5. The molecule has 234 valence electrons. The maximum atomic E-state index is 5.90. The molecule has 0 atom stereocenters. The van der Waals surface area contributed by atoms with Crippen LogP contribution in [0.15, 0.2) is 94.9 Å². The van der Waals surface area contributed by atoms with Crippen LogP contribution in [0.2, 0.25) is 0 Å². The number of benzene rings is 4. The molecule has 1 aliphatic rings. The van der Waals surface area contributed by atoms with Crippen molar-refractivity contribution < 1.29 is 9.47 Å². The van der Waals surface area contributed by atoms with Crippen LogP contribution in [0.3, 0.4) is 0 Å². The van der Waals surface area contributed by atoms with Gasteiger partial charge in [0.05, 0.1) is 24.6 Å². The number of nitrogens with zero attached hydrogens (tertiary/aromatic N) is 2. The molecule has 5 rings (SSSR count). The van der Waals surface area contributed by atoms with Crippen LogP contribution in [0.1, 0.15) is 100 Å². The van der Waals surface area contributed by atoms with Crippen LogP contribution < -0.4 is 9.47 Å². The van der Waals surface area contributed by atoms with Crippen LogP contribution in [0.25, 0.3) is 11.1 Å². The Bertz CT molecular complexity index is 1420. The van der Waals surface area contributed by atoms with E-state index in [-0.39, 0.29) is 0 Å². The van der Waals surface area contributed by atoms with E-state index in [0.29, 0.717) is 0 Å². The number of hydrogen-bond donors (Lipinski definition) is 0. The van der Waals surface area contributed by atoms with E-state index < -0.39 is 0 Å². The van der Waals surface area contributed by atoms with E-state index in [4.69, 9.17) is 19.5 Å². The second-order valence-corrected chi connectivity index (χ2v) is 12.0. The van der Waals surface area contributed by atoms with Gasteiger partial charge in [-0.05, 0) is 125 Å². The van der Waals surface area contributed by atoms with Crippen LogP contribution >= 0.6 is 0 Å². The zero-order chi connectivity index (χ0) is 31.1. The van der Waals surface area contributed by atoms with Gasteiger partial charge in [-0.25, -0.2) is 0 Å². The molecule has 4 aromatic rings. The molecule has 4 aromatic carbocycles. The molecule has 0 saturated carbocycles. The molecule has 1 aliphatic carbocycles. The van der Waals surface area contributed by atoms with E-state index in [1.54, 1.807) is 0 Å². The van der Waals surface area contributed by atoms with Crippen molar-refractivity contribution in [2.45, 2.75) is 84.5 Å². The zero-order valence-electron chi connectivity index (χ0n) is 27.1. The third kappa shape index (κ3) is 9.91. The predicted octanol–water partition coefficient (Wildman–Crippen LogP) is 11.5. The molecular weight excluding hydrogens is 552 g/mol. The molecule has 4 nitrogen and oxygen atoms in total. The Balaban J connectivity index is 1.11. The second kappa shape index (κ2) is 17.3. The first-order valence-corrected chi connectivity index (χ1v) is 17.0. The summed E-state index contributed by atoms with van der Waals surface area (Å²) in [5, 5.41) is 0. The van der Waals surface area contributed by atoms with E-state index in [1.165, 1.54) is 73.6 Å². The number of aliphatic imine (C=N–C) groups is 2. The van der Waals surface area contributed by atoms with Crippen LogP contribution in [-0.4, -0.2) is 25.6 Å². The Morgan fingerprint density at radius 3 is 1.36 bits per heavy atom. The molecular formula is C41H48N2O2. The lowest BCUT2D eigenvalue weighted by Crippen LogP contribution is -1.97. The zero-order valence-corrected chi connectivity index (χ0v) is 27.1. The molecule has 0 aromatic heterocycles. The quantitative estimate of drug-likeness (QED) is 0.0741. The normalized spacial score (nSPS) is 12.1. The summed E-state index contributed by atoms with van der Waals surface area (Å²) in [6, 6.07) is 29.4. The SMILES string of the molecule is CCCCCCCOc1ccc(C=Nc2ccc3c(c2)Cc2cc(N=Cc4ccc(OCCCCCCC)cc4)ccc2-3)cc1. The average molecular weight is 601 g/mol. The Kier molecular flexibility index (Phi) is 12.4. The second-order valence-electron chi connectivity index (χ2n) is 12.0. The molecule has 45 heavy (non-hydrogen) atoms. The summed E-state index contributed by atoms with van der Waals surface area (Å²) in [4.78, 5) is 9.54. The molecule has 0 fully saturated rings. The number of unbranched alkanes of at least 4 members (excludes halogenated alkanes) is 8. The van der Waals surface area contributed by atoms with Gasteiger partial charge in [0.2, 0.25) is 0 Å². The fourth-order valence-corrected chi connectivity index (χ4v) is 5.73. The third-order valence-electron chi connectivity index (χ3n) is 8.37. The van der Waals surface area contributed by atoms with Crippen LogP contribution in [-0.2, 0) is 6.42 Å². The lowest BCUT2D eigenvalue weighted by atomic mass is 10.1. The van der Waals surface area contributed by atoms with E-state index in [1.807, 2.05) is 36.7 Å². The highest BCUT2D eigenvalue weighted by Crippen LogP contribution is 2.40. The fourth-order valence-electron chi connectivity index (χ4n) is 5.73. The minimum Gasteiger partial charge on any atom is -0.494 e. The van der Waals surface area contributed by atoms with Gasteiger partial charge in [0.1, 0.15) is 11.5 Å². The van der Waals surface area contributed by atoms with Crippen molar-refractivity contribution in [3.63, 3.8) is 0 Å². The van der Waals surface area contributed by atoms with Crippen molar-refractivity contribution in [2.75, 3.05) is 13.2 Å². The Morgan fingerprint density at radius 1 is 0.511 bits per heavy atom. The van der Waals surface area contributed by atoms with E-state index >= 15 is 0 Å². The summed E-state index contributed by atoms with van der Waals surface area (Å²) in [6.45, 7) is 6.05. The summed E-state index contributed by atoms with van der Waals surface area (Å²) in [6.07, 6.45) is 17.2. The van der Waals surface area contributed by atoms with Crippen molar-refractivity contribution in [3.05, 3.63) is 107 Å². The van der Waals surface area contributed by atoms with Gasteiger partial charge < -0.3 is 9.47 Å². The fraction of sp³-hybridized carbons (Fsp3) is 0.366. The topological polar surface area (TPSA) is 43.2 Å². The lowest BCUT2D eigenvalue weighted by molar-refractivity contribution is 0.304. The molecule has 0 N–H and O–H groups in total. The van der Waals surface area contributed by atoms with Crippen molar-refractivity contribution in [3.8, 4) is 22.6 Å². The first kappa shape index (κ1) is 32.2. The molecule has 0 heterocycles. The summed E-state index contributed by atoms with van der Waals surface area (Å²) in [7, 11) is 0. The van der Waals surface area contributed by atoms with E-state index in [2.05, 4.69) is 74.5 Å². The van der Waals surface area contributed by atoms with Crippen molar-refractivity contribution in [1.29, 1.82) is 0 Å².